The Morgan fingerprint density at radius 2 is 1.87 bits per heavy atom. The van der Waals surface area contributed by atoms with Crippen molar-refractivity contribution in [3.8, 4) is 0 Å². The van der Waals surface area contributed by atoms with Crippen LogP contribution in [0.25, 0.3) is 0 Å². The second-order valence-electron chi connectivity index (χ2n) is 7.79. The highest BCUT2D eigenvalue weighted by Gasteiger charge is 2.22. The van der Waals surface area contributed by atoms with Gasteiger partial charge in [-0.25, -0.2) is 0 Å². The molecule has 3 aromatic rings. The van der Waals surface area contributed by atoms with Gasteiger partial charge >= 0.3 is 0 Å². The smallest absolute Gasteiger partial charge is 0.255 e. The van der Waals surface area contributed by atoms with E-state index in [2.05, 4.69) is 10.4 Å². The van der Waals surface area contributed by atoms with Crippen molar-refractivity contribution in [1.29, 1.82) is 0 Å². The monoisotopic (exact) mass is 436 g/mol. The van der Waals surface area contributed by atoms with Crippen LogP contribution in [0, 0.1) is 13.8 Å². The first kappa shape index (κ1) is 21.1. The molecule has 4 rings (SSSR count). The zero-order valence-corrected chi connectivity index (χ0v) is 18.4. The minimum Gasteiger partial charge on any atom is -0.348 e. The lowest BCUT2D eigenvalue weighted by Crippen LogP contribution is -2.25. The third-order valence-corrected chi connectivity index (χ3v) is 6.03. The van der Waals surface area contributed by atoms with Crippen LogP contribution in [0.2, 0.25) is 5.02 Å². The van der Waals surface area contributed by atoms with E-state index >= 15 is 0 Å². The van der Waals surface area contributed by atoms with Gasteiger partial charge in [0.25, 0.3) is 5.91 Å². The minimum atomic E-state index is -0.154. The van der Waals surface area contributed by atoms with Crippen molar-refractivity contribution in [3.63, 3.8) is 0 Å². The lowest BCUT2D eigenvalue weighted by atomic mass is 10.1. The van der Waals surface area contributed by atoms with Crippen LogP contribution in [0.5, 0.6) is 0 Å². The van der Waals surface area contributed by atoms with Gasteiger partial charge in [-0.05, 0) is 49.6 Å². The summed E-state index contributed by atoms with van der Waals surface area (Å²) in [6, 6.07) is 15.4. The number of amides is 2. The summed E-state index contributed by atoms with van der Waals surface area (Å²) in [6.07, 6.45) is 1.51. The molecule has 0 bridgehead atoms. The second kappa shape index (κ2) is 8.94. The molecule has 1 aliphatic heterocycles. The largest absolute Gasteiger partial charge is 0.348 e. The summed E-state index contributed by atoms with van der Waals surface area (Å²) in [5.74, 6) is 0.0139. The third kappa shape index (κ3) is 4.49. The molecule has 0 saturated carbocycles. The molecule has 1 aromatic heterocycles. The Hall–Kier alpha value is -3.12. The molecule has 31 heavy (non-hydrogen) atoms. The van der Waals surface area contributed by atoms with Gasteiger partial charge in [-0.3, -0.25) is 14.3 Å². The zero-order chi connectivity index (χ0) is 22.0. The molecule has 0 radical (unpaired) electrons. The molecule has 1 aliphatic rings. The summed E-state index contributed by atoms with van der Waals surface area (Å²) >= 11 is 6.27. The maximum Gasteiger partial charge on any atom is 0.255 e. The number of hydrogen-bond acceptors (Lipinski definition) is 3. The molecule has 6 nitrogen and oxygen atoms in total. The summed E-state index contributed by atoms with van der Waals surface area (Å²) in [4.78, 5) is 26.6. The van der Waals surface area contributed by atoms with Gasteiger partial charge in [-0.1, -0.05) is 41.9 Å². The Kier molecular flexibility index (Phi) is 6.09. The third-order valence-electron chi connectivity index (χ3n) is 5.66. The highest BCUT2D eigenvalue weighted by atomic mass is 35.5. The highest BCUT2D eigenvalue weighted by Crippen LogP contribution is 2.22. The van der Waals surface area contributed by atoms with Crippen LogP contribution < -0.4 is 10.2 Å². The fourth-order valence-corrected chi connectivity index (χ4v) is 4.15. The molecule has 2 aromatic carbocycles. The van der Waals surface area contributed by atoms with Gasteiger partial charge in [0.05, 0.1) is 17.8 Å². The number of hydrogen-bond donors (Lipinski definition) is 1. The first-order chi connectivity index (χ1) is 14.9. The van der Waals surface area contributed by atoms with Gasteiger partial charge in [0, 0.05) is 35.9 Å². The standard InChI is InChI=1S/C24H25ClN4O2/c1-16-23(17(2)29(27-16)15-19-6-3-4-7-21(19)25)24(31)26-14-18-9-11-20(12-10-18)28-13-5-8-22(28)30/h3-4,6-7,9-12H,5,8,13-15H2,1-2H3,(H,26,31). The molecule has 2 heterocycles. The van der Waals surface area contributed by atoms with E-state index in [0.29, 0.717) is 35.8 Å². The summed E-state index contributed by atoms with van der Waals surface area (Å²) in [7, 11) is 0. The van der Waals surface area contributed by atoms with E-state index in [1.165, 1.54) is 0 Å². The van der Waals surface area contributed by atoms with E-state index in [0.717, 1.165) is 35.5 Å². The van der Waals surface area contributed by atoms with E-state index in [9.17, 15) is 9.59 Å². The van der Waals surface area contributed by atoms with Crippen molar-refractivity contribution < 1.29 is 9.59 Å². The Bertz CT molecular complexity index is 1120. The summed E-state index contributed by atoms with van der Waals surface area (Å²) < 4.78 is 1.81. The molecule has 0 aliphatic carbocycles. The molecule has 1 fully saturated rings. The van der Waals surface area contributed by atoms with Gasteiger partial charge in [-0.15, -0.1) is 0 Å². The molecule has 1 N–H and O–H groups in total. The average molecular weight is 437 g/mol. The Morgan fingerprint density at radius 3 is 2.55 bits per heavy atom. The maximum absolute atomic E-state index is 12.9. The normalized spacial score (nSPS) is 13.6. The van der Waals surface area contributed by atoms with Crippen molar-refractivity contribution in [2.24, 2.45) is 0 Å². The van der Waals surface area contributed by atoms with Crippen molar-refractivity contribution in [1.82, 2.24) is 15.1 Å². The first-order valence-electron chi connectivity index (χ1n) is 10.4. The number of aromatic nitrogens is 2. The van der Waals surface area contributed by atoms with Crippen molar-refractivity contribution in [2.75, 3.05) is 11.4 Å². The number of aryl methyl sites for hydroxylation is 1. The summed E-state index contributed by atoms with van der Waals surface area (Å²) in [6.45, 7) is 5.42. The lowest BCUT2D eigenvalue weighted by molar-refractivity contribution is -0.117. The molecule has 1 saturated heterocycles. The SMILES string of the molecule is Cc1nn(Cc2ccccc2Cl)c(C)c1C(=O)NCc1ccc(N2CCCC2=O)cc1. The zero-order valence-electron chi connectivity index (χ0n) is 17.7. The van der Waals surface area contributed by atoms with Crippen LogP contribution in [-0.2, 0) is 17.9 Å². The quantitative estimate of drug-likeness (QED) is 0.627. The van der Waals surface area contributed by atoms with Crippen molar-refractivity contribution in [2.45, 2.75) is 39.8 Å². The summed E-state index contributed by atoms with van der Waals surface area (Å²) in [5.41, 5.74) is 4.92. The molecule has 0 unspecified atom stereocenters. The average Bonchev–Trinajstić information content (AvgIpc) is 3.31. The van der Waals surface area contributed by atoms with Crippen molar-refractivity contribution >= 4 is 29.1 Å². The summed E-state index contributed by atoms with van der Waals surface area (Å²) in [5, 5.41) is 8.21. The van der Waals surface area contributed by atoms with E-state index in [1.807, 2.05) is 72.0 Å². The van der Waals surface area contributed by atoms with Crippen LogP contribution >= 0.6 is 11.6 Å². The fourth-order valence-electron chi connectivity index (χ4n) is 3.95. The molecule has 7 heteroatoms. The predicted octanol–water partition coefficient (Wildman–Crippen LogP) is 4.26. The number of halogens is 1. The van der Waals surface area contributed by atoms with E-state index in [4.69, 9.17) is 11.6 Å². The van der Waals surface area contributed by atoms with Crippen LogP contribution in [0.3, 0.4) is 0 Å². The predicted molar refractivity (Wildman–Crippen MR) is 121 cm³/mol. The van der Waals surface area contributed by atoms with Gasteiger partial charge in [0.1, 0.15) is 0 Å². The Morgan fingerprint density at radius 1 is 1.13 bits per heavy atom. The molecular formula is C24H25ClN4O2. The molecule has 2 amide bonds. The van der Waals surface area contributed by atoms with Crippen LogP contribution in [0.4, 0.5) is 5.69 Å². The van der Waals surface area contributed by atoms with Crippen LogP contribution in [0.1, 0.15) is 45.7 Å². The molecule has 0 atom stereocenters. The van der Waals surface area contributed by atoms with Crippen LogP contribution in [0.15, 0.2) is 48.5 Å². The maximum atomic E-state index is 12.9. The number of carbonyl (C=O) groups excluding carboxylic acids is 2. The van der Waals surface area contributed by atoms with Gasteiger partial charge in [0.15, 0.2) is 0 Å². The Balaban J connectivity index is 1.42. The number of benzene rings is 2. The molecular weight excluding hydrogens is 412 g/mol. The lowest BCUT2D eigenvalue weighted by Gasteiger charge is -2.16. The van der Waals surface area contributed by atoms with E-state index < -0.39 is 0 Å². The van der Waals surface area contributed by atoms with Gasteiger partial charge in [-0.2, -0.15) is 5.10 Å². The number of rotatable bonds is 6. The molecule has 160 valence electrons. The topological polar surface area (TPSA) is 67.2 Å². The van der Waals surface area contributed by atoms with Crippen LogP contribution in [-0.4, -0.2) is 28.1 Å². The number of anilines is 1. The first-order valence-corrected chi connectivity index (χ1v) is 10.8. The second-order valence-corrected chi connectivity index (χ2v) is 8.20. The Labute approximate surface area is 186 Å². The fraction of sp³-hybridized carbons (Fsp3) is 0.292. The number of carbonyl (C=O) groups is 2. The van der Waals surface area contributed by atoms with Crippen molar-refractivity contribution in [3.05, 3.63) is 81.6 Å². The van der Waals surface area contributed by atoms with Gasteiger partial charge in [0.2, 0.25) is 5.91 Å². The number of nitrogens with zero attached hydrogens (tertiary/aromatic N) is 3. The minimum absolute atomic E-state index is 0.154. The highest BCUT2D eigenvalue weighted by molar-refractivity contribution is 6.31. The van der Waals surface area contributed by atoms with Gasteiger partial charge < -0.3 is 10.2 Å². The number of nitrogens with one attached hydrogen (secondary N) is 1. The molecule has 0 spiro atoms. The van der Waals surface area contributed by atoms with E-state index in [1.54, 1.807) is 0 Å². The van der Waals surface area contributed by atoms with E-state index in [-0.39, 0.29) is 11.8 Å².